The highest BCUT2D eigenvalue weighted by Crippen LogP contribution is 2.31. The fourth-order valence-electron chi connectivity index (χ4n) is 2.12. The fourth-order valence-corrected chi connectivity index (χ4v) is 2.73. The first-order chi connectivity index (χ1) is 9.04. The van der Waals surface area contributed by atoms with E-state index in [0.717, 1.165) is 29.3 Å². The maximum atomic E-state index is 11.8. The molecule has 19 heavy (non-hydrogen) atoms. The summed E-state index contributed by atoms with van der Waals surface area (Å²) >= 11 is 3.40. The van der Waals surface area contributed by atoms with Crippen molar-refractivity contribution in [3.05, 3.63) is 28.2 Å². The molecule has 0 radical (unpaired) electrons. The van der Waals surface area contributed by atoms with Crippen molar-refractivity contribution in [1.82, 2.24) is 5.32 Å². The summed E-state index contributed by atoms with van der Waals surface area (Å²) in [5, 5.41) is 12.1. The largest absolute Gasteiger partial charge is 0.483 e. The number of halogens is 1. The van der Waals surface area contributed by atoms with Crippen LogP contribution in [0.2, 0.25) is 0 Å². The predicted molar refractivity (Wildman–Crippen MR) is 76.2 cm³/mol. The first-order valence-electron chi connectivity index (χ1n) is 6.35. The van der Waals surface area contributed by atoms with Gasteiger partial charge in [0.2, 0.25) is 0 Å². The highest BCUT2D eigenvalue weighted by molar-refractivity contribution is 9.10. The molecule has 0 aliphatic heterocycles. The number of hydrogen-bond donors (Lipinski definition) is 2. The molecule has 0 aromatic heterocycles. The number of benzene rings is 1. The number of rotatable bonds is 5. The lowest BCUT2D eigenvalue weighted by Crippen LogP contribution is -2.57. The van der Waals surface area contributed by atoms with Gasteiger partial charge in [-0.1, -0.05) is 6.07 Å². The van der Waals surface area contributed by atoms with Gasteiger partial charge in [0.05, 0.1) is 16.6 Å². The van der Waals surface area contributed by atoms with Crippen molar-refractivity contribution in [2.45, 2.75) is 31.7 Å². The Balaban J connectivity index is 1.86. The molecule has 4 nitrogen and oxygen atoms in total. The van der Waals surface area contributed by atoms with Crippen LogP contribution < -0.4 is 10.1 Å². The first-order valence-corrected chi connectivity index (χ1v) is 7.15. The number of aliphatic hydroxyl groups excluding tert-OH is 1. The third-order valence-electron chi connectivity index (χ3n) is 3.46. The smallest absolute Gasteiger partial charge is 0.258 e. The summed E-state index contributed by atoms with van der Waals surface area (Å²) in [5.74, 6) is 0.452. The summed E-state index contributed by atoms with van der Waals surface area (Å²) < 4.78 is 6.31. The molecule has 1 amide bonds. The van der Waals surface area contributed by atoms with Gasteiger partial charge in [-0.3, -0.25) is 4.79 Å². The lowest BCUT2D eigenvalue weighted by molar-refractivity contribution is -0.127. The Hall–Kier alpha value is -1.07. The Bertz CT molecular complexity index is 466. The third-order valence-corrected chi connectivity index (χ3v) is 4.08. The SMILES string of the molecule is Cc1ccc(OCC(=O)NC2(CO)CCC2)c(Br)c1. The number of ether oxygens (including phenoxy) is 1. The molecule has 1 aliphatic carbocycles. The highest BCUT2D eigenvalue weighted by Gasteiger charge is 2.37. The molecule has 5 heteroatoms. The van der Waals surface area contributed by atoms with E-state index in [1.807, 2.05) is 25.1 Å². The quantitative estimate of drug-likeness (QED) is 0.871. The van der Waals surface area contributed by atoms with Crippen molar-refractivity contribution >= 4 is 21.8 Å². The number of nitrogens with one attached hydrogen (secondary N) is 1. The van der Waals surface area contributed by atoms with Crippen LogP contribution in [0.4, 0.5) is 0 Å². The number of hydrogen-bond acceptors (Lipinski definition) is 3. The molecule has 1 aromatic carbocycles. The summed E-state index contributed by atoms with van der Waals surface area (Å²) in [4.78, 5) is 11.8. The van der Waals surface area contributed by atoms with Gasteiger partial charge >= 0.3 is 0 Å². The zero-order valence-electron chi connectivity index (χ0n) is 10.9. The van der Waals surface area contributed by atoms with Crippen LogP contribution in [0.3, 0.4) is 0 Å². The lowest BCUT2D eigenvalue weighted by Gasteiger charge is -2.40. The van der Waals surface area contributed by atoms with E-state index >= 15 is 0 Å². The monoisotopic (exact) mass is 327 g/mol. The van der Waals surface area contributed by atoms with E-state index in [1.54, 1.807) is 0 Å². The molecular formula is C14H18BrNO3. The topological polar surface area (TPSA) is 58.6 Å². The van der Waals surface area contributed by atoms with Crippen LogP contribution in [0.25, 0.3) is 0 Å². The van der Waals surface area contributed by atoms with E-state index in [1.165, 1.54) is 0 Å². The maximum Gasteiger partial charge on any atom is 0.258 e. The molecule has 1 aromatic rings. The van der Waals surface area contributed by atoms with Gasteiger partial charge in [-0.15, -0.1) is 0 Å². The van der Waals surface area contributed by atoms with E-state index in [4.69, 9.17) is 4.74 Å². The molecule has 0 atom stereocenters. The molecule has 0 saturated heterocycles. The molecule has 0 heterocycles. The summed E-state index contributed by atoms with van der Waals surface area (Å²) in [6.45, 7) is 1.94. The number of aryl methyl sites for hydroxylation is 1. The molecule has 0 bridgehead atoms. The van der Waals surface area contributed by atoms with Crippen molar-refractivity contribution in [2.24, 2.45) is 0 Å². The number of carbonyl (C=O) groups excluding carboxylic acids is 1. The lowest BCUT2D eigenvalue weighted by atomic mass is 9.77. The molecule has 0 spiro atoms. The summed E-state index contributed by atoms with van der Waals surface area (Å²) in [7, 11) is 0. The molecular weight excluding hydrogens is 310 g/mol. The number of amides is 1. The van der Waals surface area contributed by atoms with Crippen LogP contribution in [0.5, 0.6) is 5.75 Å². The number of aliphatic hydroxyl groups is 1. The zero-order chi connectivity index (χ0) is 13.9. The summed E-state index contributed by atoms with van der Waals surface area (Å²) in [6.07, 6.45) is 2.72. The molecule has 1 fully saturated rings. The van der Waals surface area contributed by atoms with E-state index in [-0.39, 0.29) is 19.1 Å². The van der Waals surface area contributed by atoms with Crippen molar-refractivity contribution in [3.63, 3.8) is 0 Å². The Labute approximate surface area is 121 Å². The molecule has 2 rings (SSSR count). The van der Waals surface area contributed by atoms with E-state index in [9.17, 15) is 9.90 Å². The first kappa shape index (κ1) is 14.3. The summed E-state index contributed by atoms with van der Waals surface area (Å²) in [6, 6.07) is 5.70. The van der Waals surface area contributed by atoms with Gasteiger partial charge in [0.15, 0.2) is 6.61 Å². The summed E-state index contributed by atoms with van der Waals surface area (Å²) in [5.41, 5.74) is 0.711. The Kier molecular flexibility index (Phi) is 4.47. The average molecular weight is 328 g/mol. The van der Waals surface area contributed by atoms with Crippen LogP contribution in [0.15, 0.2) is 22.7 Å². The van der Waals surface area contributed by atoms with Crippen LogP contribution in [0, 0.1) is 6.92 Å². The minimum absolute atomic E-state index is 0.00698. The Morgan fingerprint density at radius 3 is 2.79 bits per heavy atom. The van der Waals surface area contributed by atoms with Gasteiger partial charge < -0.3 is 15.2 Å². The second-order valence-corrected chi connectivity index (χ2v) is 5.92. The molecule has 1 saturated carbocycles. The zero-order valence-corrected chi connectivity index (χ0v) is 12.5. The van der Waals surface area contributed by atoms with Crippen LogP contribution >= 0.6 is 15.9 Å². The van der Waals surface area contributed by atoms with Gasteiger partial charge in [-0.2, -0.15) is 0 Å². The molecule has 1 aliphatic rings. The van der Waals surface area contributed by atoms with Crippen molar-refractivity contribution < 1.29 is 14.6 Å². The van der Waals surface area contributed by atoms with Gasteiger partial charge in [-0.05, 0) is 59.8 Å². The van der Waals surface area contributed by atoms with Gasteiger partial charge in [0, 0.05) is 0 Å². The Morgan fingerprint density at radius 2 is 2.26 bits per heavy atom. The van der Waals surface area contributed by atoms with Gasteiger partial charge in [0.25, 0.3) is 5.91 Å². The molecule has 104 valence electrons. The minimum atomic E-state index is -0.412. The average Bonchev–Trinajstić information content (AvgIpc) is 2.33. The highest BCUT2D eigenvalue weighted by atomic mass is 79.9. The standard InChI is InChI=1S/C14H18BrNO3/c1-10-3-4-12(11(15)7-10)19-8-13(18)16-14(9-17)5-2-6-14/h3-4,7,17H,2,5-6,8-9H2,1H3,(H,16,18). The Morgan fingerprint density at radius 1 is 1.53 bits per heavy atom. The van der Waals surface area contributed by atoms with E-state index in [2.05, 4.69) is 21.2 Å². The van der Waals surface area contributed by atoms with Crippen molar-refractivity contribution in [1.29, 1.82) is 0 Å². The predicted octanol–water partition coefficient (Wildman–Crippen LogP) is 2.17. The van der Waals surface area contributed by atoms with Gasteiger partial charge in [-0.25, -0.2) is 0 Å². The van der Waals surface area contributed by atoms with Crippen LogP contribution in [0.1, 0.15) is 24.8 Å². The fraction of sp³-hybridized carbons (Fsp3) is 0.500. The van der Waals surface area contributed by atoms with Crippen LogP contribution in [-0.2, 0) is 4.79 Å². The van der Waals surface area contributed by atoms with Crippen molar-refractivity contribution in [3.8, 4) is 5.75 Å². The minimum Gasteiger partial charge on any atom is -0.483 e. The third kappa shape index (κ3) is 3.48. The second kappa shape index (κ2) is 5.92. The molecule has 0 unspecified atom stereocenters. The maximum absolute atomic E-state index is 11.8. The van der Waals surface area contributed by atoms with E-state index < -0.39 is 5.54 Å². The van der Waals surface area contributed by atoms with Crippen molar-refractivity contribution in [2.75, 3.05) is 13.2 Å². The van der Waals surface area contributed by atoms with Gasteiger partial charge in [0.1, 0.15) is 5.75 Å². The normalized spacial score (nSPS) is 16.6. The van der Waals surface area contributed by atoms with E-state index in [0.29, 0.717) is 5.75 Å². The second-order valence-electron chi connectivity index (χ2n) is 5.06. The number of carbonyl (C=O) groups is 1. The van der Waals surface area contributed by atoms with Crippen LogP contribution in [-0.4, -0.2) is 29.8 Å². The molecule has 2 N–H and O–H groups in total.